The fraction of sp³-hybridized carbons (Fsp3) is 0.200. The standard InChI is InChI=1S/C20H18Cl2N2OS/c1-20(2,3)13-9-7-12(8-10-13)11-16-18(25)24-19(26-16)23-15-6-4-5-14(21)17(15)22/h4-11H,1-3H3,(H,23,24,25)/b16-11-. The number of benzene rings is 2. The van der Waals surface area contributed by atoms with Crippen molar-refractivity contribution in [1.82, 2.24) is 5.32 Å². The van der Waals surface area contributed by atoms with E-state index in [2.05, 4.69) is 43.2 Å². The molecule has 0 aromatic heterocycles. The first-order valence-corrected chi connectivity index (χ1v) is 9.65. The number of rotatable bonds is 2. The van der Waals surface area contributed by atoms with Crippen molar-refractivity contribution in [3.05, 3.63) is 68.5 Å². The Morgan fingerprint density at radius 2 is 1.77 bits per heavy atom. The molecular formula is C20H18Cl2N2OS. The molecule has 0 saturated carbocycles. The van der Waals surface area contributed by atoms with Crippen LogP contribution in [0, 0.1) is 0 Å². The number of hydrogen-bond acceptors (Lipinski definition) is 3. The van der Waals surface area contributed by atoms with Crippen molar-refractivity contribution >= 4 is 57.8 Å². The van der Waals surface area contributed by atoms with E-state index in [1.807, 2.05) is 18.2 Å². The second-order valence-electron chi connectivity index (χ2n) is 6.93. The summed E-state index contributed by atoms with van der Waals surface area (Å²) in [6.07, 6.45) is 1.86. The van der Waals surface area contributed by atoms with Crippen molar-refractivity contribution in [3.8, 4) is 0 Å². The predicted octanol–water partition coefficient (Wildman–Crippen LogP) is 6.18. The van der Waals surface area contributed by atoms with Crippen LogP contribution in [0.1, 0.15) is 31.9 Å². The Bertz CT molecular complexity index is 912. The third kappa shape index (κ3) is 4.32. The topological polar surface area (TPSA) is 41.5 Å². The third-order valence-corrected chi connectivity index (χ3v) is 5.60. The maximum absolute atomic E-state index is 12.2. The number of carbonyl (C=O) groups excluding carboxylic acids is 1. The van der Waals surface area contributed by atoms with Gasteiger partial charge in [-0.25, -0.2) is 4.99 Å². The van der Waals surface area contributed by atoms with Gasteiger partial charge in [0, 0.05) is 0 Å². The van der Waals surface area contributed by atoms with E-state index in [9.17, 15) is 4.79 Å². The fourth-order valence-corrected chi connectivity index (χ4v) is 3.57. The maximum atomic E-state index is 12.2. The number of nitrogens with zero attached hydrogens (tertiary/aromatic N) is 1. The zero-order valence-corrected chi connectivity index (χ0v) is 17.0. The molecule has 26 heavy (non-hydrogen) atoms. The average molecular weight is 405 g/mol. The van der Waals surface area contributed by atoms with Gasteiger partial charge in [-0.2, -0.15) is 0 Å². The van der Waals surface area contributed by atoms with Crippen LogP contribution < -0.4 is 5.32 Å². The molecule has 134 valence electrons. The highest BCUT2D eigenvalue weighted by Crippen LogP contribution is 2.34. The molecule has 0 aliphatic carbocycles. The third-order valence-electron chi connectivity index (χ3n) is 3.88. The zero-order chi connectivity index (χ0) is 18.9. The van der Waals surface area contributed by atoms with E-state index >= 15 is 0 Å². The van der Waals surface area contributed by atoms with E-state index in [1.165, 1.54) is 17.3 Å². The predicted molar refractivity (Wildman–Crippen MR) is 112 cm³/mol. The number of amidine groups is 1. The summed E-state index contributed by atoms with van der Waals surface area (Å²) in [5, 5.41) is 4.04. The molecule has 3 nitrogen and oxygen atoms in total. The summed E-state index contributed by atoms with van der Waals surface area (Å²) in [5.74, 6) is -0.174. The Kier molecular flexibility index (Phi) is 5.47. The number of thioether (sulfide) groups is 1. The van der Waals surface area contributed by atoms with Gasteiger partial charge in [0.2, 0.25) is 0 Å². The van der Waals surface area contributed by atoms with Crippen molar-refractivity contribution in [2.45, 2.75) is 26.2 Å². The van der Waals surface area contributed by atoms with Gasteiger partial charge in [-0.05, 0) is 46.5 Å². The molecule has 1 aliphatic heterocycles. The normalized spacial score (nSPS) is 17.8. The first-order chi connectivity index (χ1) is 12.2. The minimum Gasteiger partial charge on any atom is -0.300 e. The number of hydrogen-bond donors (Lipinski definition) is 1. The molecule has 1 fully saturated rings. The van der Waals surface area contributed by atoms with E-state index in [1.54, 1.807) is 18.2 Å². The summed E-state index contributed by atoms with van der Waals surface area (Å²) in [5.41, 5.74) is 2.85. The zero-order valence-electron chi connectivity index (χ0n) is 14.6. The Morgan fingerprint density at radius 1 is 1.08 bits per heavy atom. The largest absolute Gasteiger partial charge is 0.300 e. The van der Waals surface area contributed by atoms with E-state index in [-0.39, 0.29) is 11.3 Å². The molecule has 0 spiro atoms. The van der Waals surface area contributed by atoms with Gasteiger partial charge in [-0.1, -0.05) is 74.3 Å². The molecule has 0 radical (unpaired) electrons. The van der Waals surface area contributed by atoms with Gasteiger partial charge >= 0.3 is 0 Å². The number of amides is 1. The summed E-state index contributed by atoms with van der Waals surface area (Å²) in [4.78, 5) is 17.2. The van der Waals surface area contributed by atoms with Crippen LogP contribution in [0.15, 0.2) is 52.4 Å². The lowest BCUT2D eigenvalue weighted by Gasteiger charge is -2.18. The first kappa shape index (κ1) is 19.0. The molecule has 2 aromatic rings. The Labute approximate surface area is 167 Å². The number of halogens is 2. The lowest BCUT2D eigenvalue weighted by molar-refractivity contribution is -0.115. The van der Waals surface area contributed by atoms with Crippen LogP contribution in [0.2, 0.25) is 10.0 Å². The summed E-state index contributed by atoms with van der Waals surface area (Å²) < 4.78 is 0. The molecule has 0 unspecified atom stereocenters. The second kappa shape index (κ2) is 7.47. The van der Waals surface area contributed by atoms with Crippen LogP contribution in [0.4, 0.5) is 5.69 Å². The molecule has 3 rings (SSSR count). The van der Waals surface area contributed by atoms with Crippen LogP contribution >= 0.6 is 35.0 Å². The number of aliphatic imine (C=N–C) groups is 1. The lowest BCUT2D eigenvalue weighted by atomic mass is 9.87. The van der Waals surface area contributed by atoms with Crippen molar-refractivity contribution in [2.24, 2.45) is 4.99 Å². The molecule has 1 heterocycles. The first-order valence-electron chi connectivity index (χ1n) is 8.08. The van der Waals surface area contributed by atoms with Crippen LogP contribution in [0.5, 0.6) is 0 Å². The second-order valence-corrected chi connectivity index (χ2v) is 8.74. The van der Waals surface area contributed by atoms with Crippen molar-refractivity contribution in [3.63, 3.8) is 0 Å². The van der Waals surface area contributed by atoms with Crippen LogP contribution in [-0.2, 0) is 10.2 Å². The Balaban J connectivity index is 1.82. The van der Waals surface area contributed by atoms with Gasteiger partial charge in [0.15, 0.2) is 5.17 Å². The van der Waals surface area contributed by atoms with Gasteiger partial charge in [-0.3, -0.25) is 4.79 Å². The monoisotopic (exact) mass is 404 g/mol. The molecular weight excluding hydrogens is 387 g/mol. The molecule has 1 saturated heterocycles. The summed E-state index contributed by atoms with van der Waals surface area (Å²) in [7, 11) is 0. The van der Waals surface area contributed by atoms with Gasteiger partial charge in [0.25, 0.3) is 5.91 Å². The summed E-state index contributed by atoms with van der Waals surface area (Å²) >= 11 is 13.4. The maximum Gasteiger partial charge on any atom is 0.264 e. The van der Waals surface area contributed by atoms with E-state index in [0.717, 1.165) is 5.56 Å². The average Bonchev–Trinajstić information content (AvgIpc) is 2.91. The fourth-order valence-electron chi connectivity index (χ4n) is 2.40. The molecule has 1 N–H and O–H groups in total. The lowest BCUT2D eigenvalue weighted by Crippen LogP contribution is -2.19. The van der Waals surface area contributed by atoms with Crippen molar-refractivity contribution in [1.29, 1.82) is 0 Å². The van der Waals surface area contributed by atoms with Crippen molar-refractivity contribution in [2.75, 3.05) is 0 Å². The molecule has 0 atom stereocenters. The van der Waals surface area contributed by atoms with Gasteiger partial charge < -0.3 is 5.32 Å². The molecule has 1 amide bonds. The number of nitrogens with one attached hydrogen (secondary N) is 1. The molecule has 1 aliphatic rings. The minimum absolute atomic E-state index is 0.0984. The van der Waals surface area contributed by atoms with Gasteiger partial charge in [-0.15, -0.1) is 0 Å². The smallest absolute Gasteiger partial charge is 0.264 e. The highest BCUT2D eigenvalue weighted by molar-refractivity contribution is 8.18. The number of carbonyl (C=O) groups is 1. The summed E-state index contributed by atoms with van der Waals surface area (Å²) in [6.45, 7) is 6.51. The quantitative estimate of drug-likeness (QED) is 0.606. The SMILES string of the molecule is CC(C)(C)c1ccc(/C=C2\SC(=Nc3cccc(Cl)c3Cl)NC2=O)cc1. The van der Waals surface area contributed by atoms with Crippen LogP contribution in [-0.4, -0.2) is 11.1 Å². The molecule has 2 aromatic carbocycles. The van der Waals surface area contributed by atoms with Gasteiger partial charge in [0.05, 0.1) is 20.6 Å². The van der Waals surface area contributed by atoms with Crippen LogP contribution in [0.25, 0.3) is 6.08 Å². The highest BCUT2D eigenvalue weighted by Gasteiger charge is 2.24. The van der Waals surface area contributed by atoms with Gasteiger partial charge in [0.1, 0.15) is 0 Å². The molecule has 6 heteroatoms. The molecule has 0 bridgehead atoms. The van der Waals surface area contributed by atoms with Crippen molar-refractivity contribution < 1.29 is 4.79 Å². The Morgan fingerprint density at radius 3 is 2.42 bits per heavy atom. The van der Waals surface area contributed by atoms with E-state index < -0.39 is 0 Å². The highest BCUT2D eigenvalue weighted by atomic mass is 35.5. The van der Waals surface area contributed by atoms with E-state index in [4.69, 9.17) is 23.2 Å². The summed E-state index contributed by atoms with van der Waals surface area (Å²) in [6, 6.07) is 13.4. The minimum atomic E-state index is -0.174. The Hall–Kier alpha value is -1.75. The van der Waals surface area contributed by atoms with Crippen LogP contribution in [0.3, 0.4) is 0 Å². The van der Waals surface area contributed by atoms with E-state index in [0.29, 0.717) is 25.8 Å².